The van der Waals surface area contributed by atoms with Gasteiger partial charge in [0.15, 0.2) is 5.82 Å². The van der Waals surface area contributed by atoms with E-state index in [1.165, 1.54) is 26.0 Å². The summed E-state index contributed by atoms with van der Waals surface area (Å²) in [6.07, 6.45) is 7.11. The third kappa shape index (κ3) is 5.21. The van der Waals surface area contributed by atoms with Crippen LogP contribution in [-0.4, -0.2) is 53.6 Å². The fraction of sp³-hybridized carbons (Fsp3) is 0.333. The monoisotopic (exact) mass is 506 g/mol. The molecule has 1 fully saturated rings. The summed E-state index contributed by atoms with van der Waals surface area (Å²) in [7, 11) is 1.83. The Balaban J connectivity index is 1.50. The second kappa shape index (κ2) is 9.60. The molecular weight excluding hydrogens is 478 g/mol. The highest BCUT2D eigenvalue weighted by Crippen LogP contribution is 2.33. The second-order valence-corrected chi connectivity index (χ2v) is 9.91. The van der Waals surface area contributed by atoms with Gasteiger partial charge >= 0.3 is 0 Å². The van der Waals surface area contributed by atoms with Crippen molar-refractivity contribution in [2.45, 2.75) is 38.4 Å². The van der Waals surface area contributed by atoms with Crippen molar-refractivity contribution in [3.8, 4) is 11.3 Å². The Kier molecular flexibility index (Phi) is 6.47. The molecule has 5 rings (SSSR count). The van der Waals surface area contributed by atoms with Crippen molar-refractivity contribution in [1.82, 2.24) is 24.7 Å². The number of benzene rings is 1. The van der Waals surface area contributed by atoms with Gasteiger partial charge in [-0.3, -0.25) is 9.67 Å². The Morgan fingerprint density at radius 3 is 2.46 bits per heavy atom. The van der Waals surface area contributed by atoms with Crippen LogP contribution in [0, 0.1) is 11.6 Å². The number of aliphatic hydroxyl groups excluding tert-OH is 1. The van der Waals surface area contributed by atoms with Crippen LogP contribution in [0.3, 0.4) is 0 Å². The highest BCUT2D eigenvalue weighted by molar-refractivity contribution is 5.83. The smallest absolute Gasteiger partial charge is 0.156 e. The second-order valence-electron chi connectivity index (χ2n) is 9.91. The van der Waals surface area contributed by atoms with Gasteiger partial charge in [-0.05, 0) is 44.9 Å². The molecule has 0 amide bonds. The van der Waals surface area contributed by atoms with Crippen molar-refractivity contribution in [3.63, 3.8) is 0 Å². The molecule has 1 atom stereocenters. The van der Waals surface area contributed by atoms with Crippen molar-refractivity contribution in [1.29, 1.82) is 0 Å². The molecule has 8 nitrogen and oxygen atoms in total. The number of aromatic nitrogens is 5. The van der Waals surface area contributed by atoms with Gasteiger partial charge < -0.3 is 15.1 Å². The summed E-state index contributed by atoms with van der Waals surface area (Å²) in [6, 6.07) is 5.25. The zero-order chi connectivity index (χ0) is 26.3. The predicted molar refractivity (Wildman–Crippen MR) is 137 cm³/mol. The van der Waals surface area contributed by atoms with Crippen LogP contribution in [0.4, 0.5) is 14.6 Å². The lowest BCUT2D eigenvalue weighted by Crippen LogP contribution is -2.32. The number of anilines is 1. The summed E-state index contributed by atoms with van der Waals surface area (Å²) in [6.45, 7) is 4.30. The first-order valence-electron chi connectivity index (χ1n) is 12.0. The van der Waals surface area contributed by atoms with Crippen LogP contribution in [-0.2, 0) is 7.05 Å². The molecule has 1 aromatic carbocycles. The van der Waals surface area contributed by atoms with Gasteiger partial charge in [0, 0.05) is 43.5 Å². The van der Waals surface area contributed by atoms with Crippen LogP contribution in [0.2, 0.25) is 0 Å². The fourth-order valence-corrected chi connectivity index (χ4v) is 4.42. The number of aryl methyl sites for hydroxylation is 1. The molecule has 37 heavy (non-hydrogen) atoms. The maximum absolute atomic E-state index is 14.1. The van der Waals surface area contributed by atoms with Gasteiger partial charge in [0.2, 0.25) is 0 Å². The van der Waals surface area contributed by atoms with Crippen LogP contribution in [0.25, 0.3) is 28.4 Å². The first-order valence-corrected chi connectivity index (χ1v) is 12.0. The van der Waals surface area contributed by atoms with Gasteiger partial charge in [-0.25, -0.2) is 18.7 Å². The lowest BCUT2D eigenvalue weighted by molar-refractivity contribution is -0.0516. The zero-order valence-electron chi connectivity index (χ0n) is 20.9. The maximum Gasteiger partial charge on any atom is 0.156 e. The number of hydrogen-bond donors (Lipinski definition) is 2. The van der Waals surface area contributed by atoms with E-state index in [1.54, 1.807) is 29.2 Å². The van der Waals surface area contributed by atoms with Gasteiger partial charge in [-0.2, -0.15) is 5.10 Å². The normalized spacial score (nSPS) is 15.3. The minimum atomic E-state index is -1.37. The van der Waals surface area contributed by atoms with Gasteiger partial charge in [-0.1, -0.05) is 11.6 Å². The highest BCUT2D eigenvalue weighted by Gasteiger charge is 2.28. The molecule has 0 spiro atoms. The van der Waals surface area contributed by atoms with E-state index in [0.29, 0.717) is 59.7 Å². The molecule has 192 valence electrons. The molecule has 1 aliphatic rings. The van der Waals surface area contributed by atoms with E-state index in [2.05, 4.69) is 15.0 Å². The molecule has 2 N–H and O–H groups in total. The number of halogens is 2. The van der Waals surface area contributed by atoms with Crippen molar-refractivity contribution in [3.05, 3.63) is 71.3 Å². The van der Waals surface area contributed by atoms with E-state index >= 15 is 0 Å². The molecule has 0 bridgehead atoms. The number of nitrogens with zero attached hydrogens (tertiary/aromatic N) is 6. The third-order valence-electron chi connectivity index (χ3n) is 6.51. The number of hydrogen-bond acceptors (Lipinski definition) is 7. The summed E-state index contributed by atoms with van der Waals surface area (Å²) in [5.41, 5.74) is 2.95. The molecule has 0 unspecified atom stereocenters. The Bertz CT molecular complexity index is 1480. The number of aliphatic hydroxyl groups is 2. The summed E-state index contributed by atoms with van der Waals surface area (Å²) in [4.78, 5) is 16.2. The third-order valence-corrected chi connectivity index (χ3v) is 6.51. The first kappa shape index (κ1) is 24.9. The van der Waals surface area contributed by atoms with Gasteiger partial charge in [0.25, 0.3) is 0 Å². The summed E-state index contributed by atoms with van der Waals surface area (Å²) in [5, 5.41) is 25.0. The van der Waals surface area contributed by atoms with Crippen LogP contribution in [0.1, 0.15) is 44.1 Å². The Morgan fingerprint density at radius 2 is 1.81 bits per heavy atom. The fourth-order valence-electron chi connectivity index (χ4n) is 4.42. The van der Waals surface area contributed by atoms with Gasteiger partial charge in [0.05, 0.1) is 29.2 Å². The molecule has 4 aromatic rings. The predicted octanol–water partition coefficient (Wildman–Crippen LogP) is 4.19. The molecule has 4 heterocycles. The molecule has 3 aromatic heterocycles. The minimum Gasteiger partial charge on any atom is -0.387 e. The molecule has 0 saturated carbocycles. The number of piperidine rings is 1. The molecule has 10 heteroatoms. The largest absolute Gasteiger partial charge is 0.387 e. The van der Waals surface area contributed by atoms with Crippen LogP contribution in [0.5, 0.6) is 0 Å². The molecular formula is C27H28F2N6O2. The van der Waals surface area contributed by atoms with E-state index in [9.17, 15) is 19.0 Å². The first-order chi connectivity index (χ1) is 17.6. The van der Waals surface area contributed by atoms with Gasteiger partial charge in [0.1, 0.15) is 28.9 Å². The Hall–Kier alpha value is -3.76. The van der Waals surface area contributed by atoms with Crippen molar-refractivity contribution < 1.29 is 19.0 Å². The lowest BCUT2D eigenvalue weighted by Gasteiger charge is -2.31. The Morgan fingerprint density at radius 1 is 1.05 bits per heavy atom. The van der Waals surface area contributed by atoms with E-state index in [0.717, 1.165) is 17.2 Å². The molecule has 0 aliphatic carbocycles. The standard InChI is InChI=1S/C27H28F2N6O2/c1-27(2,37)25(36)22-12-21-23(14-30-22)32-24(18-13-31-34(3)15-18)26(33-21)35-8-6-16(7-9-35)10-17-4-5-19(28)11-20(17)29/h4-5,10-15,25,36-37H,6-9H2,1-3H3/t25-/m1/s1. The lowest BCUT2D eigenvalue weighted by atomic mass is 9.98. The average Bonchev–Trinajstić information content (AvgIpc) is 3.30. The van der Waals surface area contributed by atoms with Crippen LogP contribution < -0.4 is 4.90 Å². The Labute approximate surface area is 212 Å². The minimum absolute atomic E-state index is 0.305. The number of fused-ring (bicyclic) bond motifs is 1. The van der Waals surface area contributed by atoms with Crippen molar-refractivity contribution in [2.24, 2.45) is 7.05 Å². The highest BCUT2D eigenvalue weighted by atomic mass is 19.1. The average molecular weight is 507 g/mol. The van der Waals surface area contributed by atoms with Crippen molar-refractivity contribution in [2.75, 3.05) is 18.0 Å². The SMILES string of the molecule is Cn1cc(-c2nc3cnc([C@@H](O)C(C)(C)O)cc3nc2N2CCC(=Cc3ccc(F)cc3F)CC2)cn1. The number of rotatable bonds is 5. The maximum atomic E-state index is 14.1. The number of pyridine rings is 1. The summed E-state index contributed by atoms with van der Waals surface area (Å²) >= 11 is 0. The van der Waals surface area contributed by atoms with Crippen molar-refractivity contribution >= 4 is 22.9 Å². The van der Waals surface area contributed by atoms with Crippen LogP contribution in [0.15, 0.2) is 48.4 Å². The van der Waals surface area contributed by atoms with E-state index in [4.69, 9.17) is 9.97 Å². The molecule has 1 aliphatic heterocycles. The molecule has 1 saturated heterocycles. The van der Waals surface area contributed by atoms with Crippen LogP contribution >= 0.6 is 0 Å². The van der Waals surface area contributed by atoms with E-state index < -0.39 is 23.3 Å². The summed E-state index contributed by atoms with van der Waals surface area (Å²) in [5.74, 6) is -0.505. The molecule has 0 radical (unpaired) electrons. The summed E-state index contributed by atoms with van der Waals surface area (Å²) < 4.78 is 29.1. The van der Waals surface area contributed by atoms with Gasteiger partial charge in [-0.15, -0.1) is 0 Å². The quantitative estimate of drug-likeness (QED) is 0.419. The van der Waals surface area contributed by atoms with E-state index in [1.807, 2.05) is 13.2 Å². The topological polar surface area (TPSA) is 100 Å². The zero-order valence-corrected chi connectivity index (χ0v) is 20.9. The van der Waals surface area contributed by atoms with E-state index in [-0.39, 0.29) is 0 Å².